The van der Waals surface area contributed by atoms with E-state index in [1.54, 1.807) is 31.2 Å². The lowest BCUT2D eigenvalue weighted by molar-refractivity contribution is -0.104. The van der Waals surface area contributed by atoms with Crippen molar-refractivity contribution in [3.63, 3.8) is 0 Å². The van der Waals surface area contributed by atoms with Crippen molar-refractivity contribution in [2.24, 2.45) is 0 Å². The summed E-state index contributed by atoms with van der Waals surface area (Å²) in [6, 6.07) is 5.15. The minimum Gasteiger partial charge on any atom is -0.298 e. The van der Waals surface area contributed by atoms with Crippen LogP contribution in [0.15, 0.2) is 23.8 Å². The van der Waals surface area contributed by atoms with Crippen LogP contribution in [0.2, 0.25) is 10.0 Å². The Bertz CT molecular complexity index is 336. The first-order valence-electron chi connectivity index (χ1n) is 3.71. The van der Waals surface area contributed by atoms with Gasteiger partial charge in [0.05, 0.1) is 0 Å². The Morgan fingerprint density at radius 1 is 1.23 bits per heavy atom. The van der Waals surface area contributed by atoms with Crippen molar-refractivity contribution >= 4 is 35.6 Å². The SMILES string of the molecule is C/C(C=O)=C\c1cc(Cl)cc(Cl)c1. The van der Waals surface area contributed by atoms with Gasteiger partial charge in [0, 0.05) is 10.0 Å². The number of carbonyl (C=O) groups excluding carboxylic acids is 1. The molecule has 0 bridgehead atoms. The number of carbonyl (C=O) groups is 1. The van der Waals surface area contributed by atoms with E-state index in [0.717, 1.165) is 11.8 Å². The van der Waals surface area contributed by atoms with Crippen molar-refractivity contribution in [3.8, 4) is 0 Å². The molecule has 13 heavy (non-hydrogen) atoms. The van der Waals surface area contributed by atoms with Gasteiger partial charge in [0.2, 0.25) is 0 Å². The van der Waals surface area contributed by atoms with E-state index >= 15 is 0 Å². The highest BCUT2D eigenvalue weighted by molar-refractivity contribution is 6.34. The Morgan fingerprint density at radius 2 is 1.77 bits per heavy atom. The van der Waals surface area contributed by atoms with Crippen LogP contribution in [-0.2, 0) is 4.79 Å². The topological polar surface area (TPSA) is 17.1 Å². The van der Waals surface area contributed by atoms with E-state index in [-0.39, 0.29) is 0 Å². The minimum atomic E-state index is 0.567. The van der Waals surface area contributed by atoms with E-state index in [2.05, 4.69) is 0 Å². The second-order valence-electron chi connectivity index (χ2n) is 2.71. The fraction of sp³-hybridized carbons (Fsp3) is 0.100. The molecule has 1 aromatic rings. The molecule has 0 heterocycles. The van der Waals surface area contributed by atoms with Crippen LogP contribution in [0.5, 0.6) is 0 Å². The first-order valence-corrected chi connectivity index (χ1v) is 4.47. The predicted octanol–water partition coefficient (Wildman–Crippen LogP) is 3.60. The molecule has 3 heteroatoms. The molecule has 0 atom stereocenters. The summed E-state index contributed by atoms with van der Waals surface area (Å²) in [5.41, 5.74) is 1.47. The first kappa shape index (κ1) is 10.3. The van der Waals surface area contributed by atoms with Gasteiger partial charge in [-0.2, -0.15) is 0 Å². The summed E-state index contributed by atoms with van der Waals surface area (Å²) >= 11 is 11.5. The first-order chi connectivity index (χ1) is 6.11. The van der Waals surface area contributed by atoms with Crippen molar-refractivity contribution in [2.45, 2.75) is 6.92 Å². The summed E-state index contributed by atoms with van der Waals surface area (Å²) < 4.78 is 0. The second-order valence-corrected chi connectivity index (χ2v) is 3.58. The van der Waals surface area contributed by atoms with Crippen LogP contribution < -0.4 is 0 Å². The van der Waals surface area contributed by atoms with Gasteiger partial charge in [-0.25, -0.2) is 0 Å². The van der Waals surface area contributed by atoms with Gasteiger partial charge < -0.3 is 0 Å². The van der Waals surface area contributed by atoms with Gasteiger partial charge in [-0.3, -0.25) is 4.79 Å². The maximum atomic E-state index is 10.3. The predicted molar refractivity (Wildman–Crippen MR) is 56.2 cm³/mol. The molecule has 0 aliphatic carbocycles. The monoisotopic (exact) mass is 214 g/mol. The van der Waals surface area contributed by atoms with Crippen molar-refractivity contribution in [2.75, 3.05) is 0 Å². The van der Waals surface area contributed by atoms with Crippen LogP contribution in [0.3, 0.4) is 0 Å². The number of hydrogen-bond donors (Lipinski definition) is 0. The molecule has 0 saturated heterocycles. The Balaban J connectivity index is 3.08. The molecule has 1 aromatic carbocycles. The summed E-state index contributed by atoms with van der Waals surface area (Å²) in [6.45, 7) is 1.72. The Hall–Kier alpha value is -0.790. The lowest BCUT2D eigenvalue weighted by atomic mass is 10.1. The van der Waals surface area contributed by atoms with E-state index in [0.29, 0.717) is 15.6 Å². The van der Waals surface area contributed by atoms with E-state index in [4.69, 9.17) is 23.2 Å². The van der Waals surface area contributed by atoms with Gasteiger partial charge >= 0.3 is 0 Å². The summed E-state index contributed by atoms with van der Waals surface area (Å²) in [6.07, 6.45) is 2.51. The Morgan fingerprint density at radius 3 is 2.23 bits per heavy atom. The molecule has 68 valence electrons. The fourth-order valence-electron chi connectivity index (χ4n) is 0.955. The van der Waals surface area contributed by atoms with Crippen LogP contribution in [-0.4, -0.2) is 6.29 Å². The Labute approximate surface area is 87.0 Å². The van der Waals surface area contributed by atoms with Crippen molar-refractivity contribution in [1.29, 1.82) is 0 Å². The molecule has 0 amide bonds. The van der Waals surface area contributed by atoms with E-state index in [1.165, 1.54) is 0 Å². The zero-order chi connectivity index (χ0) is 9.84. The molecule has 0 fully saturated rings. The molecule has 0 aromatic heterocycles. The maximum Gasteiger partial charge on any atom is 0.145 e. The summed E-state index contributed by atoms with van der Waals surface area (Å²) in [5, 5.41) is 1.13. The van der Waals surface area contributed by atoms with Crippen LogP contribution >= 0.6 is 23.2 Å². The standard InChI is InChI=1S/C10H8Cl2O/c1-7(6-13)2-8-3-9(11)5-10(12)4-8/h2-6H,1H3/b7-2+. The zero-order valence-corrected chi connectivity index (χ0v) is 8.56. The molecule has 1 rings (SSSR count). The van der Waals surface area contributed by atoms with Gasteiger partial charge in [0.1, 0.15) is 6.29 Å². The molecule has 0 N–H and O–H groups in total. The third kappa shape index (κ3) is 3.21. The van der Waals surface area contributed by atoms with Crippen LogP contribution in [0.4, 0.5) is 0 Å². The number of aldehydes is 1. The summed E-state index contributed by atoms with van der Waals surface area (Å²) in [7, 11) is 0. The maximum absolute atomic E-state index is 10.3. The lowest BCUT2D eigenvalue weighted by Crippen LogP contribution is -1.78. The summed E-state index contributed by atoms with van der Waals surface area (Å²) in [4.78, 5) is 10.3. The molecular weight excluding hydrogens is 207 g/mol. The molecule has 0 spiro atoms. The Kier molecular flexibility index (Phi) is 3.52. The third-order valence-corrected chi connectivity index (χ3v) is 1.90. The highest BCUT2D eigenvalue weighted by Gasteiger charge is 1.95. The molecule has 1 nitrogen and oxygen atoms in total. The third-order valence-electron chi connectivity index (χ3n) is 1.47. The minimum absolute atomic E-state index is 0.567. The number of benzene rings is 1. The highest BCUT2D eigenvalue weighted by atomic mass is 35.5. The quantitative estimate of drug-likeness (QED) is 0.544. The molecular formula is C10H8Cl2O. The smallest absolute Gasteiger partial charge is 0.145 e. The number of hydrogen-bond acceptors (Lipinski definition) is 1. The van der Waals surface area contributed by atoms with Gasteiger partial charge in [-0.1, -0.05) is 23.2 Å². The van der Waals surface area contributed by atoms with Crippen molar-refractivity contribution in [1.82, 2.24) is 0 Å². The average molecular weight is 215 g/mol. The largest absolute Gasteiger partial charge is 0.298 e. The van der Waals surface area contributed by atoms with Gasteiger partial charge in [0.15, 0.2) is 0 Å². The molecule has 0 aliphatic heterocycles. The van der Waals surface area contributed by atoms with Crippen LogP contribution in [0.1, 0.15) is 12.5 Å². The van der Waals surface area contributed by atoms with Gasteiger partial charge in [0.25, 0.3) is 0 Å². The molecule has 0 aliphatic rings. The van der Waals surface area contributed by atoms with Crippen LogP contribution in [0.25, 0.3) is 6.08 Å². The van der Waals surface area contributed by atoms with Gasteiger partial charge in [-0.15, -0.1) is 0 Å². The molecule has 0 unspecified atom stereocenters. The number of rotatable bonds is 2. The second kappa shape index (κ2) is 4.45. The van der Waals surface area contributed by atoms with Crippen molar-refractivity contribution in [3.05, 3.63) is 39.4 Å². The van der Waals surface area contributed by atoms with E-state index in [9.17, 15) is 4.79 Å². The lowest BCUT2D eigenvalue weighted by Gasteiger charge is -1.97. The molecule has 0 saturated carbocycles. The molecule has 0 radical (unpaired) electrons. The highest BCUT2D eigenvalue weighted by Crippen LogP contribution is 2.20. The normalized spacial score (nSPS) is 11.5. The van der Waals surface area contributed by atoms with Gasteiger partial charge in [-0.05, 0) is 42.3 Å². The van der Waals surface area contributed by atoms with Crippen molar-refractivity contribution < 1.29 is 4.79 Å². The van der Waals surface area contributed by atoms with E-state index in [1.807, 2.05) is 0 Å². The number of allylic oxidation sites excluding steroid dienone is 1. The average Bonchev–Trinajstić information content (AvgIpc) is 2.02. The fourth-order valence-corrected chi connectivity index (χ4v) is 1.50. The van der Waals surface area contributed by atoms with Crippen LogP contribution in [0, 0.1) is 0 Å². The zero-order valence-electron chi connectivity index (χ0n) is 7.05. The number of halogens is 2. The summed E-state index contributed by atoms with van der Waals surface area (Å²) in [5.74, 6) is 0. The van der Waals surface area contributed by atoms with E-state index < -0.39 is 0 Å².